The maximum atomic E-state index is 13.5. The smallest absolute Gasteiger partial charge is 0.280 e. The van der Waals surface area contributed by atoms with Crippen LogP contribution in [-0.4, -0.2) is 23.0 Å². The second-order valence-electron chi connectivity index (χ2n) is 4.40. The van der Waals surface area contributed by atoms with Crippen molar-refractivity contribution in [2.75, 3.05) is 4.72 Å². The van der Waals surface area contributed by atoms with Gasteiger partial charge in [0.15, 0.2) is 5.03 Å². The molecule has 3 N–H and O–H groups in total. The van der Waals surface area contributed by atoms with Crippen LogP contribution in [0, 0.1) is 12.7 Å². The van der Waals surface area contributed by atoms with Gasteiger partial charge in [0.05, 0.1) is 0 Å². The Labute approximate surface area is 126 Å². The highest BCUT2D eigenvalue weighted by molar-refractivity contribution is 7.92. The van der Waals surface area contributed by atoms with Crippen LogP contribution in [0.5, 0.6) is 0 Å². The first-order chi connectivity index (χ1) is 9.70. The number of anilines is 1. The molecule has 0 radical (unpaired) electrons. The number of sulfonamides is 1. The number of hydrogen-bond donors (Lipinski definition) is 2. The lowest BCUT2D eigenvalue weighted by atomic mass is 10.2. The van der Waals surface area contributed by atoms with Gasteiger partial charge < -0.3 is 10.3 Å². The van der Waals surface area contributed by atoms with Crippen LogP contribution < -0.4 is 10.5 Å². The molecular weight excluding hydrogens is 315 g/mol. The molecule has 1 heterocycles. The van der Waals surface area contributed by atoms with Gasteiger partial charge in [0.25, 0.3) is 10.0 Å². The summed E-state index contributed by atoms with van der Waals surface area (Å²) in [5.74, 6) is -0.0579. The molecule has 0 fully saturated rings. The number of benzene rings is 1. The number of rotatable bonds is 4. The highest BCUT2D eigenvalue weighted by Gasteiger charge is 2.19. The number of nitrogens with one attached hydrogen (secondary N) is 1. The Kier molecular flexibility index (Phi) is 3.97. The van der Waals surface area contributed by atoms with Crippen molar-refractivity contribution < 1.29 is 12.8 Å². The highest BCUT2D eigenvalue weighted by Crippen LogP contribution is 2.19. The summed E-state index contributed by atoms with van der Waals surface area (Å²) in [5.41, 5.74) is 5.51. The number of nitrogens with zero attached hydrogens (tertiary/aromatic N) is 2. The minimum atomic E-state index is -3.86. The number of halogens is 1. The van der Waals surface area contributed by atoms with Crippen LogP contribution in [0.25, 0.3) is 0 Å². The summed E-state index contributed by atoms with van der Waals surface area (Å²) in [7, 11) is -2.17. The van der Waals surface area contributed by atoms with E-state index in [1.807, 2.05) is 0 Å². The molecule has 0 unspecified atom stereocenters. The lowest BCUT2D eigenvalue weighted by Crippen LogP contribution is -2.16. The lowest BCUT2D eigenvalue weighted by Gasteiger charge is -2.08. The standard InChI is InChI=1S/C12H13FN4O2S2/c1-7-15-11(6-17(7)2)21(18,19)16-8-3-4-10(13)9(5-8)12(14)20/h3-6,16H,1-2H3,(H2,14,20). The molecule has 0 aliphatic rings. The predicted molar refractivity (Wildman–Crippen MR) is 81.0 cm³/mol. The summed E-state index contributed by atoms with van der Waals surface area (Å²) >= 11 is 4.71. The summed E-state index contributed by atoms with van der Waals surface area (Å²) in [6.45, 7) is 1.68. The number of imidazole rings is 1. The zero-order chi connectivity index (χ0) is 15.8. The molecule has 21 heavy (non-hydrogen) atoms. The number of aryl methyl sites for hydroxylation is 2. The fourth-order valence-electron chi connectivity index (χ4n) is 1.64. The summed E-state index contributed by atoms with van der Waals surface area (Å²) in [6.07, 6.45) is 1.38. The quantitative estimate of drug-likeness (QED) is 0.826. The number of thiocarbonyl (C=S) groups is 1. The van der Waals surface area contributed by atoms with E-state index in [1.54, 1.807) is 18.5 Å². The van der Waals surface area contributed by atoms with Gasteiger partial charge in [-0.15, -0.1) is 0 Å². The van der Waals surface area contributed by atoms with E-state index in [1.165, 1.54) is 18.3 Å². The van der Waals surface area contributed by atoms with Crippen LogP contribution >= 0.6 is 12.2 Å². The van der Waals surface area contributed by atoms with Crippen LogP contribution in [0.2, 0.25) is 0 Å². The van der Waals surface area contributed by atoms with Gasteiger partial charge in [0.2, 0.25) is 0 Å². The van der Waals surface area contributed by atoms with Gasteiger partial charge in [0.1, 0.15) is 16.6 Å². The van der Waals surface area contributed by atoms with Crippen molar-refractivity contribution in [2.45, 2.75) is 11.9 Å². The second-order valence-corrected chi connectivity index (χ2v) is 6.47. The van der Waals surface area contributed by atoms with Gasteiger partial charge in [-0.05, 0) is 25.1 Å². The van der Waals surface area contributed by atoms with E-state index < -0.39 is 15.8 Å². The molecule has 0 amide bonds. The number of nitrogens with two attached hydrogens (primary N) is 1. The average molecular weight is 328 g/mol. The molecule has 1 aromatic carbocycles. The molecule has 0 spiro atoms. The number of aromatic nitrogens is 2. The monoisotopic (exact) mass is 328 g/mol. The molecule has 6 nitrogen and oxygen atoms in total. The van der Waals surface area contributed by atoms with E-state index in [4.69, 9.17) is 18.0 Å². The minimum absolute atomic E-state index is 0.0256. The second kappa shape index (κ2) is 5.41. The third-order valence-corrected chi connectivity index (χ3v) is 4.32. The van der Waals surface area contributed by atoms with Crippen molar-refractivity contribution in [2.24, 2.45) is 12.8 Å². The lowest BCUT2D eigenvalue weighted by molar-refractivity contribution is 0.597. The predicted octanol–water partition coefficient (Wildman–Crippen LogP) is 1.30. The van der Waals surface area contributed by atoms with Crippen LogP contribution in [0.3, 0.4) is 0 Å². The molecule has 0 aliphatic carbocycles. The van der Waals surface area contributed by atoms with Gasteiger partial charge >= 0.3 is 0 Å². The Morgan fingerprint density at radius 1 is 1.48 bits per heavy atom. The van der Waals surface area contributed by atoms with E-state index in [0.29, 0.717) is 5.82 Å². The molecule has 2 aromatic rings. The molecule has 9 heteroatoms. The van der Waals surface area contributed by atoms with Crippen molar-refractivity contribution in [3.05, 3.63) is 41.6 Å². The fraction of sp³-hybridized carbons (Fsp3) is 0.167. The molecular formula is C12H13FN4O2S2. The molecule has 0 saturated heterocycles. The van der Waals surface area contributed by atoms with Gasteiger partial charge in [-0.25, -0.2) is 9.37 Å². The van der Waals surface area contributed by atoms with Gasteiger partial charge in [-0.2, -0.15) is 8.42 Å². The largest absolute Gasteiger partial charge is 0.389 e. The van der Waals surface area contributed by atoms with Crippen molar-refractivity contribution >= 4 is 32.9 Å². The maximum Gasteiger partial charge on any atom is 0.280 e. The molecule has 0 bridgehead atoms. The third-order valence-electron chi connectivity index (χ3n) is 2.85. The Hall–Kier alpha value is -2.00. The summed E-state index contributed by atoms with van der Waals surface area (Å²) < 4.78 is 41.7. The zero-order valence-corrected chi connectivity index (χ0v) is 12.9. The van der Waals surface area contributed by atoms with Gasteiger partial charge in [0, 0.05) is 24.5 Å². The molecule has 1 aromatic heterocycles. The summed E-state index contributed by atoms with van der Waals surface area (Å²) in [5, 5.41) is -0.122. The van der Waals surface area contributed by atoms with E-state index in [0.717, 1.165) is 6.07 Å². The highest BCUT2D eigenvalue weighted by atomic mass is 32.2. The topological polar surface area (TPSA) is 90.0 Å². The third kappa shape index (κ3) is 3.19. The first-order valence-corrected chi connectivity index (χ1v) is 7.72. The van der Waals surface area contributed by atoms with Crippen molar-refractivity contribution in [3.8, 4) is 0 Å². The first-order valence-electron chi connectivity index (χ1n) is 5.83. The number of hydrogen-bond acceptors (Lipinski definition) is 4. The normalized spacial score (nSPS) is 11.4. The Morgan fingerprint density at radius 3 is 2.67 bits per heavy atom. The molecule has 0 saturated carbocycles. The molecule has 2 rings (SSSR count). The van der Waals surface area contributed by atoms with Crippen LogP contribution in [0.1, 0.15) is 11.4 Å². The van der Waals surface area contributed by atoms with Crippen LogP contribution in [-0.2, 0) is 17.1 Å². The minimum Gasteiger partial charge on any atom is -0.389 e. The van der Waals surface area contributed by atoms with Crippen molar-refractivity contribution in [1.29, 1.82) is 0 Å². The Bertz CT molecular complexity index is 795. The van der Waals surface area contributed by atoms with E-state index in [-0.39, 0.29) is 21.3 Å². The van der Waals surface area contributed by atoms with Gasteiger partial charge in [-0.1, -0.05) is 12.2 Å². The molecule has 0 aliphatic heterocycles. The zero-order valence-electron chi connectivity index (χ0n) is 11.3. The fourth-order valence-corrected chi connectivity index (χ4v) is 2.89. The first kappa shape index (κ1) is 15.4. The summed E-state index contributed by atoms with van der Waals surface area (Å²) in [4.78, 5) is 3.79. The maximum absolute atomic E-state index is 13.5. The Morgan fingerprint density at radius 2 is 2.14 bits per heavy atom. The van der Waals surface area contributed by atoms with E-state index >= 15 is 0 Å². The van der Waals surface area contributed by atoms with E-state index in [9.17, 15) is 12.8 Å². The van der Waals surface area contributed by atoms with Crippen LogP contribution in [0.15, 0.2) is 29.4 Å². The summed E-state index contributed by atoms with van der Waals surface area (Å²) in [6, 6.07) is 3.62. The van der Waals surface area contributed by atoms with E-state index in [2.05, 4.69) is 9.71 Å². The average Bonchev–Trinajstić information content (AvgIpc) is 2.72. The molecule has 0 atom stereocenters. The SMILES string of the molecule is Cc1nc(S(=O)(=O)Nc2ccc(F)c(C(N)=S)c2)cn1C. The Balaban J connectivity index is 2.37. The van der Waals surface area contributed by atoms with Crippen molar-refractivity contribution in [1.82, 2.24) is 9.55 Å². The molecule has 112 valence electrons. The van der Waals surface area contributed by atoms with Crippen LogP contribution in [0.4, 0.5) is 10.1 Å². The van der Waals surface area contributed by atoms with Crippen molar-refractivity contribution in [3.63, 3.8) is 0 Å². The van der Waals surface area contributed by atoms with Gasteiger partial charge in [-0.3, -0.25) is 4.72 Å².